The van der Waals surface area contributed by atoms with Crippen LogP contribution in [0.25, 0.3) is 0 Å². The molecule has 0 bridgehead atoms. The minimum absolute atomic E-state index is 0.170. The van der Waals surface area contributed by atoms with Crippen LogP contribution < -0.4 is 4.90 Å². The maximum absolute atomic E-state index is 12.7. The summed E-state index contributed by atoms with van der Waals surface area (Å²) in [6, 6.07) is 4.77. The number of halogens is 1. The van der Waals surface area contributed by atoms with Gasteiger partial charge in [-0.25, -0.2) is 14.1 Å². The standard InChI is InChI=1S/C11H6FNO4S/c12-6-1-3-7(4-2-6)13-10(16)8(5-9(14)15)18-11(13)17/h1-5H,(H,14,15). The van der Waals surface area contributed by atoms with Crippen LogP contribution in [0.15, 0.2) is 35.2 Å². The van der Waals surface area contributed by atoms with E-state index in [2.05, 4.69) is 0 Å². The lowest BCUT2D eigenvalue weighted by molar-refractivity contribution is -0.131. The molecule has 1 fully saturated rings. The lowest BCUT2D eigenvalue weighted by atomic mass is 10.3. The fraction of sp³-hybridized carbons (Fsp3) is 0. The quantitative estimate of drug-likeness (QED) is 0.829. The molecule has 0 aliphatic carbocycles. The van der Waals surface area contributed by atoms with Gasteiger partial charge in [0.15, 0.2) is 0 Å². The minimum atomic E-state index is -1.31. The third-order valence-corrected chi connectivity index (χ3v) is 3.00. The first kappa shape index (κ1) is 12.3. The van der Waals surface area contributed by atoms with Gasteiger partial charge in [-0.15, -0.1) is 0 Å². The molecule has 0 spiro atoms. The van der Waals surface area contributed by atoms with Gasteiger partial charge in [0.25, 0.3) is 11.1 Å². The Hall–Kier alpha value is -2.15. The normalized spacial score (nSPS) is 17.6. The van der Waals surface area contributed by atoms with Crippen molar-refractivity contribution in [1.29, 1.82) is 0 Å². The summed E-state index contributed by atoms with van der Waals surface area (Å²) in [5.74, 6) is -2.52. The van der Waals surface area contributed by atoms with Crippen molar-refractivity contribution >= 4 is 34.6 Å². The summed E-state index contributed by atoms with van der Waals surface area (Å²) in [6.45, 7) is 0. The summed E-state index contributed by atoms with van der Waals surface area (Å²) >= 11 is 0.533. The molecule has 1 saturated heterocycles. The Balaban J connectivity index is 2.35. The molecule has 1 aliphatic heterocycles. The highest BCUT2D eigenvalue weighted by Crippen LogP contribution is 2.34. The van der Waals surface area contributed by atoms with E-state index in [1.807, 2.05) is 0 Å². The second kappa shape index (κ2) is 4.61. The van der Waals surface area contributed by atoms with Gasteiger partial charge in [0.2, 0.25) is 0 Å². The zero-order chi connectivity index (χ0) is 13.3. The molecule has 0 aromatic heterocycles. The van der Waals surface area contributed by atoms with Crippen molar-refractivity contribution in [2.75, 3.05) is 4.90 Å². The van der Waals surface area contributed by atoms with Gasteiger partial charge in [0, 0.05) is 6.08 Å². The van der Waals surface area contributed by atoms with Crippen LogP contribution in [0.4, 0.5) is 14.9 Å². The number of carboxylic acids is 1. The summed E-state index contributed by atoms with van der Waals surface area (Å²) in [5, 5.41) is 7.94. The third kappa shape index (κ3) is 2.25. The average molecular weight is 267 g/mol. The summed E-state index contributed by atoms with van der Waals surface area (Å²) in [6.07, 6.45) is 0.675. The maximum atomic E-state index is 12.7. The van der Waals surface area contributed by atoms with Gasteiger partial charge in [0.05, 0.1) is 10.6 Å². The second-order valence-corrected chi connectivity index (χ2v) is 4.32. The Morgan fingerprint density at radius 3 is 2.44 bits per heavy atom. The molecule has 92 valence electrons. The largest absolute Gasteiger partial charge is 0.478 e. The molecule has 0 saturated carbocycles. The van der Waals surface area contributed by atoms with Crippen LogP contribution in [0.5, 0.6) is 0 Å². The van der Waals surface area contributed by atoms with Crippen LogP contribution in [0, 0.1) is 5.82 Å². The zero-order valence-corrected chi connectivity index (χ0v) is 9.61. The van der Waals surface area contributed by atoms with Gasteiger partial charge in [-0.3, -0.25) is 9.59 Å². The highest BCUT2D eigenvalue weighted by Gasteiger charge is 2.36. The number of anilines is 1. The van der Waals surface area contributed by atoms with Crippen LogP contribution in [0.1, 0.15) is 0 Å². The van der Waals surface area contributed by atoms with E-state index in [4.69, 9.17) is 5.11 Å². The van der Waals surface area contributed by atoms with E-state index in [1.54, 1.807) is 0 Å². The molecule has 1 aliphatic rings. The topological polar surface area (TPSA) is 74.7 Å². The van der Waals surface area contributed by atoms with Crippen molar-refractivity contribution in [3.05, 3.63) is 41.1 Å². The van der Waals surface area contributed by atoms with E-state index in [9.17, 15) is 18.8 Å². The second-order valence-electron chi connectivity index (χ2n) is 3.33. The van der Waals surface area contributed by atoms with E-state index < -0.39 is 22.9 Å². The molecule has 1 heterocycles. The molecule has 5 nitrogen and oxygen atoms in total. The van der Waals surface area contributed by atoms with Gasteiger partial charge in [-0.1, -0.05) is 0 Å². The first-order chi connectivity index (χ1) is 8.49. The van der Waals surface area contributed by atoms with Crippen LogP contribution in [-0.4, -0.2) is 22.2 Å². The Bertz CT molecular complexity index is 567. The number of thioether (sulfide) groups is 1. The van der Waals surface area contributed by atoms with Crippen molar-refractivity contribution in [2.45, 2.75) is 0 Å². The molecule has 1 aromatic rings. The number of benzene rings is 1. The van der Waals surface area contributed by atoms with Crippen LogP contribution in [-0.2, 0) is 9.59 Å². The molecule has 1 N–H and O–H groups in total. The number of hydrogen-bond acceptors (Lipinski definition) is 4. The number of imide groups is 1. The number of hydrogen-bond donors (Lipinski definition) is 1. The SMILES string of the molecule is O=C(O)C=C1SC(=O)N(c2ccc(F)cc2)C1=O. The van der Waals surface area contributed by atoms with Gasteiger partial charge in [0.1, 0.15) is 5.82 Å². The zero-order valence-electron chi connectivity index (χ0n) is 8.79. The predicted octanol–water partition coefficient (Wildman–Crippen LogP) is 1.99. The van der Waals surface area contributed by atoms with E-state index >= 15 is 0 Å². The van der Waals surface area contributed by atoms with Gasteiger partial charge in [-0.05, 0) is 36.0 Å². The fourth-order valence-electron chi connectivity index (χ4n) is 1.39. The smallest absolute Gasteiger partial charge is 0.329 e. The first-order valence-electron chi connectivity index (χ1n) is 4.75. The van der Waals surface area contributed by atoms with E-state index in [-0.39, 0.29) is 10.6 Å². The van der Waals surface area contributed by atoms with Crippen molar-refractivity contribution < 1.29 is 23.9 Å². The number of rotatable bonds is 2. The third-order valence-electron chi connectivity index (χ3n) is 2.13. The minimum Gasteiger partial charge on any atom is -0.478 e. The van der Waals surface area contributed by atoms with E-state index in [0.29, 0.717) is 17.8 Å². The summed E-state index contributed by atoms with van der Waals surface area (Å²) in [7, 11) is 0. The van der Waals surface area contributed by atoms with Crippen molar-refractivity contribution in [2.24, 2.45) is 0 Å². The molecular formula is C11H6FNO4S. The number of nitrogens with zero attached hydrogens (tertiary/aromatic N) is 1. The molecule has 0 radical (unpaired) electrons. The highest BCUT2D eigenvalue weighted by molar-refractivity contribution is 8.18. The van der Waals surface area contributed by atoms with E-state index in [0.717, 1.165) is 17.0 Å². The Morgan fingerprint density at radius 1 is 1.28 bits per heavy atom. The lowest BCUT2D eigenvalue weighted by Crippen LogP contribution is -2.27. The summed E-state index contributed by atoms with van der Waals surface area (Å²) in [5.41, 5.74) is 0.202. The van der Waals surface area contributed by atoms with Crippen LogP contribution >= 0.6 is 11.8 Å². The molecule has 0 unspecified atom stereocenters. The average Bonchev–Trinajstić information content (AvgIpc) is 2.55. The molecule has 18 heavy (non-hydrogen) atoms. The number of carbonyl (C=O) groups excluding carboxylic acids is 2. The molecule has 7 heteroatoms. The molecular weight excluding hydrogens is 261 g/mol. The highest BCUT2D eigenvalue weighted by atomic mass is 32.2. The number of carboxylic acid groups (broad SMARTS) is 1. The predicted molar refractivity (Wildman–Crippen MR) is 62.6 cm³/mol. The summed E-state index contributed by atoms with van der Waals surface area (Å²) in [4.78, 5) is 34.5. The molecule has 2 amide bonds. The van der Waals surface area contributed by atoms with Crippen molar-refractivity contribution in [1.82, 2.24) is 0 Å². The number of amides is 2. The fourth-order valence-corrected chi connectivity index (χ4v) is 2.20. The summed E-state index contributed by atoms with van der Waals surface area (Å²) < 4.78 is 12.7. The monoisotopic (exact) mass is 267 g/mol. The Labute approximate surface area is 105 Å². The first-order valence-corrected chi connectivity index (χ1v) is 5.57. The van der Waals surface area contributed by atoms with Crippen molar-refractivity contribution in [3.63, 3.8) is 0 Å². The van der Waals surface area contributed by atoms with Gasteiger partial charge < -0.3 is 5.11 Å². The maximum Gasteiger partial charge on any atom is 0.329 e. The Morgan fingerprint density at radius 2 is 1.89 bits per heavy atom. The Kier molecular flexibility index (Phi) is 3.15. The number of aliphatic carboxylic acids is 1. The lowest BCUT2D eigenvalue weighted by Gasteiger charge is -2.11. The van der Waals surface area contributed by atoms with Crippen molar-refractivity contribution in [3.8, 4) is 0 Å². The van der Waals surface area contributed by atoms with E-state index in [1.165, 1.54) is 12.1 Å². The molecule has 2 rings (SSSR count). The van der Waals surface area contributed by atoms with Crippen LogP contribution in [0.2, 0.25) is 0 Å². The van der Waals surface area contributed by atoms with Gasteiger partial charge >= 0.3 is 5.97 Å². The van der Waals surface area contributed by atoms with Crippen LogP contribution in [0.3, 0.4) is 0 Å². The molecule has 1 aromatic carbocycles. The number of carbonyl (C=O) groups is 3. The molecule has 0 atom stereocenters. The van der Waals surface area contributed by atoms with Gasteiger partial charge in [-0.2, -0.15) is 0 Å².